The molecule has 2 aliphatic heterocycles. The van der Waals surface area contributed by atoms with Crippen molar-refractivity contribution >= 4 is 20.0 Å². The molecular weight excluding hydrogens is 557 g/mol. The van der Waals surface area contributed by atoms with E-state index in [2.05, 4.69) is 4.98 Å². The molecule has 1 saturated heterocycles. The number of phosphoric acid groups is 1. The average Bonchev–Trinajstić information content (AvgIpc) is 3.03. The Morgan fingerprint density at radius 2 is 1.85 bits per heavy atom. The lowest BCUT2D eigenvalue weighted by atomic mass is 9.79. The summed E-state index contributed by atoms with van der Waals surface area (Å²) in [5.41, 5.74) is 0.0485. The fraction of sp³-hybridized carbons (Fsp3) is 0.600. The smallest absolute Gasteiger partial charge is 0.403 e. The zero-order valence-corrected chi connectivity index (χ0v) is 24.4. The highest BCUT2D eigenvalue weighted by atomic mass is 32.1. The molecule has 2 aromatic rings. The standard InChI is InChI=1S/C25H33F2N2O8PS/c1-12-10-29(22(32)28-20(12)39)21-16(30)18(31)25(27,35-21)11-34-38(33)36-17-14(19(26)37-38)8-13(23(2,3)4)9-15(17)24(5,6)7/h8-10,16,18-19,21,30-31H,11H2,1-7H3,(H,28,32,39)/t16-,18+,19?,21-,25-,38?/m1/s1. The number of ether oxygens (including phenoxy) is 1. The Morgan fingerprint density at radius 3 is 2.44 bits per heavy atom. The van der Waals surface area contributed by atoms with Gasteiger partial charge >= 0.3 is 13.5 Å². The SMILES string of the molecule is Cc1cn([C@@H]2O[C@](F)(COP3(=O)Oc4c(cc(C(C)(C)C)cc4C(C)(C)C)C(F)O3)[C@@H](O)[C@H]2O)c(=O)[nH]c1=S. The molecule has 1 aromatic heterocycles. The molecule has 1 fully saturated rings. The van der Waals surface area contributed by atoms with Crippen LogP contribution in [-0.4, -0.2) is 44.4 Å². The lowest BCUT2D eigenvalue weighted by molar-refractivity contribution is -0.206. The topological polar surface area (TPSA) is 132 Å². The number of aromatic nitrogens is 2. The maximum absolute atomic E-state index is 15.7. The number of rotatable bonds is 4. The minimum absolute atomic E-state index is 0.0150. The summed E-state index contributed by atoms with van der Waals surface area (Å²) < 4.78 is 66.3. The van der Waals surface area contributed by atoms with Gasteiger partial charge in [0.2, 0.25) is 6.36 Å². The van der Waals surface area contributed by atoms with Gasteiger partial charge in [-0.1, -0.05) is 59.8 Å². The first-order valence-corrected chi connectivity index (χ1v) is 14.1. The fourth-order valence-electron chi connectivity index (χ4n) is 4.31. The van der Waals surface area contributed by atoms with E-state index < -0.39 is 56.2 Å². The van der Waals surface area contributed by atoms with Crippen LogP contribution in [-0.2, 0) is 29.2 Å². The fourth-order valence-corrected chi connectivity index (χ4v) is 5.70. The highest BCUT2D eigenvalue weighted by Crippen LogP contribution is 2.61. The van der Waals surface area contributed by atoms with Crippen LogP contribution in [0.25, 0.3) is 0 Å². The summed E-state index contributed by atoms with van der Waals surface area (Å²) in [7, 11) is -4.79. The van der Waals surface area contributed by atoms with Crippen LogP contribution in [0.3, 0.4) is 0 Å². The van der Waals surface area contributed by atoms with Gasteiger partial charge in [-0.15, -0.1) is 0 Å². The van der Waals surface area contributed by atoms with Gasteiger partial charge in [-0.25, -0.2) is 22.7 Å². The van der Waals surface area contributed by atoms with Crippen LogP contribution in [0.4, 0.5) is 8.78 Å². The molecule has 0 amide bonds. The molecule has 1 aromatic carbocycles. The molecule has 0 spiro atoms. The zero-order chi connectivity index (χ0) is 29.3. The molecule has 2 unspecified atom stereocenters. The van der Waals surface area contributed by atoms with Crippen molar-refractivity contribution in [3.63, 3.8) is 0 Å². The van der Waals surface area contributed by atoms with Gasteiger partial charge in [0, 0.05) is 17.3 Å². The second-order valence-electron chi connectivity index (χ2n) is 11.9. The van der Waals surface area contributed by atoms with Crippen molar-refractivity contribution in [1.29, 1.82) is 0 Å². The van der Waals surface area contributed by atoms with Crippen LogP contribution < -0.4 is 10.2 Å². The minimum atomic E-state index is -4.79. The number of aliphatic hydroxyl groups excluding tert-OH is 2. The molecule has 10 nitrogen and oxygen atoms in total. The molecule has 3 N–H and O–H groups in total. The van der Waals surface area contributed by atoms with E-state index in [-0.39, 0.29) is 21.4 Å². The van der Waals surface area contributed by atoms with E-state index >= 15 is 8.78 Å². The van der Waals surface area contributed by atoms with E-state index in [1.165, 1.54) is 6.20 Å². The third-order valence-electron chi connectivity index (χ3n) is 6.67. The summed E-state index contributed by atoms with van der Waals surface area (Å²) in [5.74, 6) is -3.21. The summed E-state index contributed by atoms with van der Waals surface area (Å²) in [5, 5.41) is 20.9. The third kappa shape index (κ3) is 5.63. The van der Waals surface area contributed by atoms with E-state index in [0.29, 0.717) is 11.1 Å². The van der Waals surface area contributed by atoms with Crippen LogP contribution in [0, 0.1) is 11.6 Å². The summed E-state index contributed by atoms with van der Waals surface area (Å²) in [6.07, 6.45) is -6.83. The number of hydrogen-bond acceptors (Lipinski definition) is 9. The molecule has 39 heavy (non-hydrogen) atoms. The van der Waals surface area contributed by atoms with Gasteiger partial charge in [0.1, 0.15) is 29.2 Å². The lowest BCUT2D eigenvalue weighted by Gasteiger charge is -2.34. The van der Waals surface area contributed by atoms with Crippen LogP contribution in [0.2, 0.25) is 0 Å². The van der Waals surface area contributed by atoms with E-state index in [0.717, 1.165) is 10.1 Å². The van der Waals surface area contributed by atoms with Crippen LogP contribution in [0.15, 0.2) is 23.1 Å². The molecule has 4 rings (SSSR count). The van der Waals surface area contributed by atoms with E-state index in [4.69, 9.17) is 30.5 Å². The molecule has 3 heterocycles. The first kappa shape index (κ1) is 30.0. The highest BCUT2D eigenvalue weighted by Gasteiger charge is 2.58. The van der Waals surface area contributed by atoms with Gasteiger partial charge in [-0.2, -0.15) is 0 Å². The number of benzene rings is 1. The number of H-pyrrole nitrogens is 1. The van der Waals surface area contributed by atoms with Gasteiger partial charge < -0.3 is 19.5 Å². The summed E-state index contributed by atoms with van der Waals surface area (Å²) in [4.78, 5) is 14.7. The maximum atomic E-state index is 15.7. The molecule has 0 bridgehead atoms. The number of aromatic amines is 1. The number of nitrogens with one attached hydrogen (secondary N) is 1. The quantitative estimate of drug-likeness (QED) is 0.335. The highest BCUT2D eigenvalue weighted by molar-refractivity contribution is 7.71. The first-order chi connectivity index (χ1) is 17.8. The van der Waals surface area contributed by atoms with Crippen molar-refractivity contribution in [1.82, 2.24) is 9.55 Å². The van der Waals surface area contributed by atoms with Gasteiger partial charge in [0.15, 0.2) is 6.23 Å². The Morgan fingerprint density at radius 1 is 1.21 bits per heavy atom. The first-order valence-electron chi connectivity index (χ1n) is 12.3. The molecule has 6 atom stereocenters. The Labute approximate surface area is 229 Å². The van der Waals surface area contributed by atoms with Crippen molar-refractivity contribution in [2.75, 3.05) is 6.61 Å². The normalized spacial score (nSPS) is 31.2. The van der Waals surface area contributed by atoms with Crippen molar-refractivity contribution in [3.05, 3.63) is 55.7 Å². The average molecular weight is 591 g/mol. The van der Waals surface area contributed by atoms with Crippen molar-refractivity contribution in [2.24, 2.45) is 0 Å². The second kappa shape index (κ2) is 9.83. The number of nitrogens with zero attached hydrogens (tertiary/aromatic N) is 1. The van der Waals surface area contributed by atoms with E-state index in [1.54, 1.807) is 13.0 Å². The minimum Gasteiger partial charge on any atom is -0.403 e. The van der Waals surface area contributed by atoms with Gasteiger partial charge in [0.05, 0.1) is 5.56 Å². The molecule has 216 valence electrons. The Hall–Kier alpha value is -1.99. The monoisotopic (exact) mass is 590 g/mol. The lowest BCUT2D eigenvalue weighted by Crippen LogP contribution is -2.43. The van der Waals surface area contributed by atoms with Crippen LogP contribution >= 0.6 is 20.0 Å². The largest absolute Gasteiger partial charge is 0.533 e. The third-order valence-corrected chi connectivity index (χ3v) is 8.39. The number of phosphoric ester groups is 1. The van der Waals surface area contributed by atoms with Crippen LogP contribution in [0.5, 0.6) is 5.75 Å². The number of halogens is 2. The summed E-state index contributed by atoms with van der Waals surface area (Å²) in [6.45, 7) is 11.8. The number of hydrogen-bond donors (Lipinski definition) is 3. The summed E-state index contributed by atoms with van der Waals surface area (Å²) >= 11 is 4.99. The van der Waals surface area contributed by atoms with Crippen molar-refractivity contribution in [3.8, 4) is 5.75 Å². The molecular formula is C25H33F2N2O8PS. The number of fused-ring (bicyclic) bond motifs is 1. The molecule has 14 heteroatoms. The predicted octanol–water partition coefficient (Wildman–Crippen LogP) is 4.93. The van der Waals surface area contributed by atoms with E-state index in [1.807, 2.05) is 47.6 Å². The van der Waals surface area contributed by atoms with Crippen molar-refractivity contribution in [2.45, 2.75) is 89.9 Å². The Balaban J connectivity index is 1.62. The van der Waals surface area contributed by atoms with Crippen molar-refractivity contribution < 1.29 is 41.9 Å². The summed E-state index contributed by atoms with van der Waals surface area (Å²) in [6, 6.07) is 3.39. The Kier molecular flexibility index (Phi) is 7.56. The van der Waals surface area contributed by atoms with Crippen LogP contribution in [0.1, 0.15) is 76.4 Å². The molecule has 0 radical (unpaired) electrons. The number of aryl methyl sites for hydroxylation is 1. The molecule has 0 saturated carbocycles. The second-order valence-corrected chi connectivity index (χ2v) is 13.8. The molecule has 0 aliphatic carbocycles. The zero-order valence-electron chi connectivity index (χ0n) is 22.7. The maximum Gasteiger partial charge on any atom is 0.533 e. The number of aliphatic hydroxyl groups is 2. The predicted molar refractivity (Wildman–Crippen MR) is 140 cm³/mol. The van der Waals surface area contributed by atoms with Gasteiger partial charge in [-0.3, -0.25) is 14.1 Å². The van der Waals surface area contributed by atoms with E-state index in [9.17, 15) is 19.6 Å². The number of alkyl halides is 2. The Bertz CT molecular complexity index is 1450. The van der Waals surface area contributed by atoms with Gasteiger partial charge in [0.25, 0.3) is 5.85 Å². The molecule has 2 aliphatic rings. The van der Waals surface area contributed by atoms with Gasteiger partial charge in [-0.05, 0) is 29.4 Å².